The van der Waals surface area contributed by atoms with Gasteiger partial charge in [-0.25, -0.2) is 8.78 Å². The molecule has 0 bridgehead atoms. The first-order valence-electron chi connectivity index (χ1n) is 11.5. The molecule has 0 N–H and O–H groups in total. The summed E-state index contributed by atoms with van der Waals surface area (Å²) in [5.41, 5.74) is 3.18. The van der Waals surface area contributed by atoms with Crippen LogP contribution in [0.2, 0.25) is 0 Å². The van der Waals surface area contributed by atoms with Crippen molar-refractivity contribution in [3.8, 4) is 0 Å². The molecule has 0 saturated heterocycles. The first-order chi connectivity index (χ1) is 14.5. The molecular weight excluding hydrogens is 406 g/mol. The lowest BCUT2D eigenvalue weighted by molar-refractivity contribution is 0.0736. The Morgan fingerprint density at radius 1 is 0.968 bits per heavy atom. The molecule has 1 aromatic carbocycles. The molecule has 2 atom stereocenters. The van der Waals surface area contributed by atoms with Crippen molar-refractivity contribution in [1.82, 2.24) is 0 Å². The summed E-state index contributed by atoms with van der Waals surface area (Å²) in [6.45, 7) is 31.3. The van der Waals surface area contributed by atoms with Gasteiger partial charge in [0.25, 0.3) is 5.92 Å². The van der Waals surface area contributed by atoms with Crippen LogP contribution in [0.4, 0.5) is 8.78 Å². The molecule has 1 aromatic rings. The molecule has 0 radical (unpaired) electrons. The Bertz CT molecular complexity index is 545. The minimum absolute atomic E-state index is 0.135. The SMILES string of the molecule is C=C.C=C(S/C=C(\C)c1ccc(C)cc1)C(C)(F)F.CC.CC.CCC(C)[C@@H](C)CC. The molecule has 0 aliphatic carbocycles. The molecule has 0 fully saturated rings. The average Bonchev–Trinajstić information content (AvgIpc) is 2.80. The number of hydrogen-bond donors (Lipinski definition) is 0. The molecule has 0 nitrogen and oxygen atoms in total. The summed E-state index contributed by atoms with van der Waals surface area (Å²) in [6.07, 6.45) is 2.66. The highest BCUT2D eigenvalue weighted by Crippen LogP contribution is 2.33. The summed E-state index contributed by atoms with van der Waals surface area (Å²) < 4.78 is 25.7. The van der Waals surface area contributed by atoms with Gasteiger partial charge in [0.2, 0.25) is 0 Å². The smallest absolute Gasteiger partial charge is 0.201 e. The van der Waals surface area contributed by atoms with Crippen LogP contribution in [-0.2, 0) is 0 Å². The topological polar surface area (TPSA) is 0 Å². The second kappa shape index (κ2) is 23.3. The van der Waals surface area contributed by atoms with E-state index < -0.39 is 5.92 Å². The van der Waals surface area contributed by atoms with Gasteiger partial charge in [-0.05, 0) is 42.2 Å². The minimum Gasteiger partial charge on any atom is -0.201 e. The van der Waals surface area contributed by atoms with Gasteiger partial charge in [0.15, 0.2) is 0 Å². The largest absolute Gasteiger partial charge is 0.275 e. The van der Waals surface area contributed by atoms with Crippen LogP contribution in [0.1, 0.15) is 93.2 Å². The summed E-state index contributed by atoms with van der Waals surface area (Å²) in [5.74, 6) is -1.01. The predicted molar refractivity (Wildman–Crippen MR) is 145 cm³/mol. The lowest BCUT2D eigenvalue weighted by Crippen LogP contribution is -2.09. The van der Waals surface area contributed by atoms with E-state index in [-0.39, 0.29) is 4.91 Å². The van der Waals surface area contributed by atoms with Crippen molar-refractivity contribution in [3.05, 3.63) is 65.4 Å². The molecule has 0 heterocycles. The zero-order chi connectivity index (χ0) is 25.6. The van der Waals surface area contributed by atoms with E-state index in [2.05, 4.69) is 47.4 Å². The van der Waals surface area contributed by atoms with E-state index in [0.717, 1.165) is 41.7 Å². The number of alkyl halides is 2. The predicted octanol–water partition coefficient (Wildman–Crippen LogP) is 11.2. The molecule has 0 aliphatic heterocycles. The van der Waals surface area contributed by atoms with Crippen LogP contribution in [-0.4, -0.2) is 5.92 Å². The van der Waals surface area contributed by atoms with Crippen LogP contribution in [0.5, 0.6) is 0 Å². The third kappa shape index (κ3) is 20.3. The summed E-state index contributed by atoms with van der Waals surface area (Å²) >= 11 is 0.984. The van der Waals surface area contributed by atoms with Crippen LogP contribution < -0.4 is 0 Å². The summed E-state index contributed by atoms with van der Waals surface area (Å²) in [7, 11) is 0. The van der Waals surface area contributed by atoms with E-state index in [1.54, 1.807) is 5.41 Å². The van der Waals surface area contributed by atoms with Crippen molar-refractivity contribution >= 4 is 17.3 Å². The maximum Gasteiger partial charge on any atom is 0.275 e. The highest BCUT2D eigenvalue weighted by molar-refractivity contribution is 8.06. The molecule has 0 aliphatic rings. The van der Waals surface area contributed by atoms with Gasteiger partial charge >= 0.3 is 0 Å². The second-order valence-electron chi connectivity index (χ2n) is 6.87. The molecule has 1 rings (SSSR count). The standard InChI is InChI=1S/C14H16F2S.C8H18.2C2H6.C2H4/c1-10-5-7-13(8-6-10)11(2)9-17-12(3)14(4,15)16;1-5-7(3)8(4)6-2;3*1-2/h5-9H,3H2,1-2,4H3;7-8H,5-6H2,1-4H3;2*1-2H3;1-2H2/b11-9+;;;;/t;7-,8?;;;/m.0.../s1. The summed E-state index contributed by atoms with van der Waals surface area (Å²) in [6, 6.07) is 7.96. The van der Waals surface area contributed by atoms with Gasteiger partial charge in [0.05, 0.1) is 4.91 Å². The third-order valence-electron chi connectivity index (χ3n) is 4.63. The lowest BCUT2D eigenvalue weighted by Gasteiger charge is -2.14. The summed E-state index contributed by atoms with van der Waals surface area (Å²) in [4.78, 5) is -0.135. The van der Waals surface area contributed by atoms with Crippen LogP contribution in [0.15, 0.2) is 54.3 Å². The van der Waals surface area contributed by atoms with E-state index in [4.69, 9.17) is 0 Å². The van der Waals surface area contributed by atoms with Gasteiger partial charge in [-0.2, -0.15) is 0 Å². The summed E-state index contributed by atoms with van der Waals surface area (Å²) in [5, 5.41) is 1.71. The van der Waals surface area contributed by atoms with Gasteiger partial charge in [-0.1, -0.05) is 116 Å². The van der Waals surface area contributed by atoms with Crippen molar-refractivity contribution in [1.29, 1.82) is 0 Å². The Labute approximate surface area is 198 Å². The van der Waals surface area contributed by atoms with Gasteiger partial charge in [-0.15, -0.1) is 13.2 Å². The minimum atomic E-state index is -2.84. The van der Waals surface area contributed by atoms with Gasteiger partial charge in [-0.3, -0.25) is 0 Å². The monoisotopic (exact) mass is 456 g/mol. The van der Waals surface area contributed by atoms with Crippen LogP contribution in [0, 0.1) is 18.8 Å². The maximum atomic E-state index is 12.9. The number of halogens is 2. The van der Waals surface area contributed by atoms with Crippen molar-refractivity contribution in [3.63, 3.8) is 0 Å². The fraction of sp³-hybridized carbons (Fsp3) is 0.571. The number of allylic oxidation sites excluding steroid dienone is 2. The van der Waals surface area contributed by atoms with Crippen molar-refractivity contribution in [2.75, 3.05) is 0 Å². The number of benzene rings is 1. The molecule has 3 heteroatoms. The highest BCUT2D eigenvalue weighted by atomic mass is 32.2. The zero-order valence-electron chi connectivity index (χ0n) is 22.2. The van der Waals surface area contributed by atoms with E-state index in [0.29, 0.717) is 0 Å². The van der Waals surface area contributed by atoms with Crippen molar-refractivity contribution in [2.45, 2.75) is 94.9 Å². The molecule has 31 heavy (non-hydrogen) atoms. The van der Waals surface area contributed by atoms with Crippen molar-refractivity contribution < 1.29 is 8.78 Å². The van der Waals surface area contributed by atoms with E-state index in [9.17, 15) is 8.78 Å². The van der Waals surface area contributed by atoms with Gasteiger partial charge < -0.3 is 0 Å². The Hall–Kier alpha value is -1.35. The fourth-order valence-corrected chi connectivity index (χ4v) is 2.61. The molecular formula is C28H50F2S. The van der Waals surface area contributed by atoms with E-state index >= 15 is 0 Å². The number of thioether (sulfide) groups is 1. The van der Waals surface area contributed by atoms with E-state index in [1.807, 2.05) is 65.8 Å². The Morgan fingerprint density at radius 3 is 1.61 bits per heavy atom. The van der Waals surface area contributed by atoms with Gasteiger partial charge in [0, 0.05) is 6.92 Å². The number of aryl methyl sites for hydroxylation is 1. The maximum absolute atomic E-state index is 12.9. The number of rotatable bonds is 7. The van der Waals surface area contributed by atoms with Crippen LogP contribution >= 0.6 is 11.8 Å². The Morgan fingerprint density at radius 2 is 1.32 bits per heavy atom. The molecule has 0 aromatic heterocycles. The zero-order valence-corrected chi connectivity index (χ0v) is 23.1. The lowest BCUT2D eigenvalue weighted by atomic mass is 9.92. The molecule has 0 saturated carbocycles. The first-order valence-corrected chi connectivity index (χ1v) is 12.4. The number of hydrogen-bond acceptors (Lipinski definition) is 1. The Balaban J connectivity index is -0.000000219. The first kappa shape index (κ1) is 37.0. The molecule has 182 valence electrons. The van der Waals surface area contributed by atoms with Crippen LogP contribution in [0.25, 0.3) is 5.57 Å². The molecule has 0 amide bonds. The highest BCUT2D eigenvalue weighted by Gasteiger charge is 2.25. The third-order valence-corrected chi connectivity index (χ3v) is 5.75. The van der Waals surface area contributed by atoms with Gasteiger partial charge in [0.1, 0.15) is 0 Å². The van der Waals surface area contributed by atoms with E-state index in [1.165, 1.54) is 18.4 Å². The average molecular weight is 457 g/mol. The quantitative estimate of drug-likeness (QED) is 0.367. The molecule has 0 spiro atoms. The fourth-order valence-electron chi connectivity index (χ4n) is 1.95. The molecule has 1 unspecified atom stereocenters. The second-order valence-corrected chi connectivity index (χ2v) is 7.83. The van der Waals surface area contributed by atoms with Crippen molar-refractivity contribution in [2.24, 2.45) is 11.8 Å². The van der Waals surface area contributed by atoms with Crippen LogP contribution in [0.3, 0.4) is 0 Å². The normalized spacial score (nSPS) is 12.1. The Kier molecular flexibility index (Phi) is 27.8.